The van der Waals surface area contributed by atoms with Crippen LogP contribution in [0.3, 0.4) is 0 Å². The van der Waals surface area contributed by atoms with Crippen molar-refractivity contribution in [1.29, 1.82) is 0 Å². The molecule has 2 heterocycles. The van der Waals surface area contributed by atoms with E-state index in [0.717, 1.165) is 10.1 Å². The summed E-state index contributed by atoms with van der Waals surface area (Å²) in [5, 5.41) is 15.5. The third-order valence-corrected chi connectivity index (χ3v) is 5.05. The van der Waals surface area contributed by atoms with Gasteiger partial charge in [0, 0.05) is 23.7 Å². The van der Waals surface area contributed by atoms with Gasteiger partial charge in [0.05, 0.1) is 22.4 Å². The topological polar surface area (TPSA) is 101 Å². The van der Waals surface area contributed by atoms with E-state index in [1.807, 2.05) is 0 Å². The fourth-order valence-corrected chi connectivity index (χ4v) is 3.43. The number of carbonyl (C=O) groups excluding carboxylic acids is 2. The number of benzene rings is 1. The van der Waals surface area contributed by atoms with E-state index in [1.165, 1.54) is 18.4 Å². The number of aliphatic hydroxyl groups is 1. The molecule has 2 aromatic heterocycles. The molecule has 1 aromatic carbocycles. The van der Waals surface area contributed by atoms with Crippen LogP contribution in [0.25, 0.3) is 10.1 Å². The lowest BCUT2D eigenvalue weighted by Gasteiger charge is -2.13. The zero-order chi connectivity index (χ0) is 19.4. The number of fused-ring (bicyclic) bond motifs is 1. The van der Waals surface area contributed by atoms with E-state index in [1.54, 1.807) is 42.7 Å². The van der Waals surface area contributed by atoms with Crippen LogP contribution in [0, 0.1) is 0 Å². The van der Waals surface area contributed by atoms with E-state index in [4.69, 9.17) is 16.3 Å². The lowest BCUT2D eigenvalue weighted by Crippen LogP contribution is -2.47. The van der Waals surface area contributed by atoms with Gasteiger partial charge in [0.1, 0.15) is 11.8 Å². The standard InChI is InChI=1S/C18H16ClN3O4S/c1-20-17(24)13(9-23)22-18(25)15-6-12-14(7-21-8-16(12)27-15)26-11-4-2-10(19)3-5-11/h2-8,13,23H,9H2,1H3,(H,20,24)(H,22,25). The van der Waals surface area contributed by atoms with Gasteiger partial charge in [-0.3, -0.25) is 14.6 Å². The zero-order valence-corrected chi connectivity index (χ0v) is 15.8. The third-order valence-electron chi connectivity index (χ3n) is 3.73. The summed E-state index contributed by atoms with van der Waals surface area (Å²) in [6.45, 7) is -0.497. The lowest BCUT2D eigenvalue weighted by molar-refractivity contribution is -0.123. The third kappa shape index (κ3) is 4.36. The van der Waals surface area contributed by atoms with Crippen LogP contribution in [-0.2, 0) is 4.79 Å². The van der Waals surface area contributed by atoms with E-state index in [2.05, 4.69) is 15.6 Å². The average Bonchev–Trinajstić information content (AvgIpc) is 3.12. The van der Waals surface area contributed by atoms with Gasteiger partial charge in [-0.2, -0.15) is 0 Å². The molecule has 0 saturated carbocycles. The Morgan fingerprint density at radius 2 is 2.04 bits per heavy atom. The van der Waals surface area contributed by atoms with Gasteiger partial charge in [0.2, 0.25) is 5.91 Å². The first-order chi connectivity index (χ1) is 13.0. The van der Waals surface area contributed by atoms with Gasteiger partial charge < -0.3 is 20.5 Å². The molecule has 3 aromatic rings. The average molecular weight is 406 g/mol. The molecule has 0 radical (unpaired) electrons. The molecule has 140 valence electrons. The summed E-state index contributed by atoms with van der Waals surface area (Å²) >= 11 is 7.09. The first-order valence-corrected chi connectivity index (χ1v) is 9.15. The highest BCUT2D eigenvalue weighted by molar-refractivity contribution is 7.20. The second-order valence-electron chi connectivity index (χ2n) is 5.54. The SMILES string of the molecule is CNC(=O)C(CO)NC(=O)c1cc2c(Oc3ccc(Cl)cc3)cncc2s1. The number of hydrogen-bond acceptors (Lipinski definition) is 6. The summed E-state index contributed by atoms with van der Waals surface area (Å²) < 4.78 is 6.60. The Balaban J connectivity index is 1.85. The second-order valence-corrected chi connectivity index (χ2v) is 7.06. The van der Waals surface area contributed by atoms with Crippen molar-refractivity contribution < 1.29 is 19.4 Å². The van der Waals surface area contributed by atoms with Crippen molar-refractivity contribution in [2.75, 3.05) is 13.7 Å². The van der Waals surface area contributed by atoms with E-state index in [0.29, 0.717) is 21.4 Å². The first-order valence-electron chi connectivity index (χ1n) is 7.96. The number of rotatable bonds is 6. The molecule has 27 heavy (non-hydrogen) atoms. The number of aliphatic hydroxyl groups excluding tert-OH is 1. The second kappa shape index (κ2) is 8.34. The Morgan fingerprint density at radius 1 is 1.30 bits per heavy atom. The Bertz CT molecular complexity index is 974. The maximum atomic E-state index is 12.4. The van der Waals surface area contributed by atoms with Gasteiger partial charge >= 0.3 is 0 Å². The van der Waals surface area contributed by atoms with Crippen molar-refractivity contribution in [3.8, 4) is 11.5 Å². The van der Waals surface area contributed by atoms with Crippen LogP contribution < -0.4 is 15.4 Å². The predicted octanol–water partition coefficient (Wildman–Crippen LogP) is 2.58. The van der Waals surface area contributed by atoms with E-state index >= 15 is 0 Å². The molecular formula is C18H16ClN3O4S. The Kier molecular flexibility index (Phi) is 5.90. The fraction of sp³-hybridized carbons (Fsp3) is 0.167. The van der Waals surface area contributed by atoms with Crippen LogP contribution in [0.5, 0.6) is 11.5 Å². The molecule has 3 N–H and O–H groups in total. The molecule has 1 atom stereocenters. The van der Waals surface area contributed by atoms with Crippen LogP contribution in [0.4, 0.5) is 0 Å². The summed E-state index contributed by atoms with van der Waals surface area (Å²) in [7, 11) is 1.43. The van der Waals surface area contributed by atoms with Gasteiger partial charge in [0.25, 0.3) is 5.91 Å². The number of thiophene rings is 1. The number of ether oxygens (including phenoxy) is 1. The minimum Gasteiger partial charge on any atom is -0.455 e. The molecule has 0 aliphatic rings. The molecule has 0 fully saturated rings. The molecule has 0 saturated heterocycles. The van der Waals surface area contributed by atoms with E-state index in [9.17, 15) is 14.7 Å². The number of amides is 2. The summed E-state index contributed by atoms with van der Waals surface area (Å²) in [5.74, 6) is 0.151. The van der Waals surface area contributed by atoms with Gasteiger partial charge in [-0.1, -0.05) is 11.6 Å². The molecular weight excluding hydrogens is 390 g/mol. The Hall–Kier alpha value is -2.68. The van der Waals surface area contributed by atoms with Crippen LogP contribution in [0.2, 0.25) is 5.02 Å². The maximum absolute atomic E-state index is 12.4. The van der Waals surface area contributed by atoms with Gasteiger partial charge in [-0.25, -0.2) is 0 Å². The molecule has 0 bridgehead atoms. The summed E-state index contributed by atoms with van der Waals surface area (Å²) in [5.41, 5.74) is 0. The largest absolute Gasteiger partial charge is 0.455 e. The summed E-state index contributed by atoms with van der Waals surface area (Å²) in [6, 6.07) is 7.54. The number of hydrogen-bond donors (Lipinski definition) is 3. The Morgan fingerprint density at radius 3 is 2.70 bits per heavy atom. The van der Waals surface area contributed by atoms with Crippen LogP contribution in [-0.4, -0.2) is 41.6 Å². The molecule has 0 aliphatic heterocycles. The van der Waals surface area contributed by atoms with Crippen molar-refractivity contribution in [3.63, 3.8) is 0 Å². The van der Waals surface area contributed by atoms with Gasteiger partial charge in [-0.15, -0.1) is 11.3 Å². The van der Waals surface area contributed by atoms with Gasteiger partial charge in [0.15, 0.2) is 5.75 Å². The molecule has 2 amide bonds. The molecule has 3 rings (SSSR count). The smallest absolute Gasteiger partial charge is 0.262 e. The molecule has 9 heteroatoms. The minimum atomic E-state index is -1.02. The van der Waals surface area contributed by atoms with Crippen molar-refractivity contribution in [2.45, 2.75) is 6.04 Å². The number of carbonyl (C=O) groups is 2. The molecule has 1 unspecified atom stereocenters. The number of pyridine rings is 1. The van der Waals surface area contributed by atoms with Crippen LogP contribution in [0.1, 0.15) is 9.67 Å². The predicted molar refractivity (Wildman–Crippen MR) is 104 cm³/mol. The highest BCUT2D eigenvalue weighted by atomic mass is 35.5. The van der Waals surface area contributed by atoms with Crippen LogP contribution >= 0.6 is 22.9 Å². The molecule has 0 aliphatic carbocycles. The number of nitrogens with zero attached hydrogens (tertiary/aromatic N) is 1. The minimum absolute atomic E-state index is 0.376. The van der Waals surface area contributed by atoms with Crippen LogP contribution in [0.15, 0.2) is 42.7 Å². The number of likely N-dealkylation sites (N-methyl/N-ethyl adjacent to an activating group) is 1. The molecule has 7 nitrogen and oxygen atoms in total. The summed E-state index contributed by atoms with van der Waals surface area (Å²) in [6.07, 6.45) is 3.19. The van der Waals surface area contributed by atoms with Crippen molar-refractivity contribution in [1.82, 2.24) is 15.6 Å². The number of halogens is 1. The lowest BCUT2D eigenvalue weighted by atomic mass is 10.2. The summed E-state index contributed by atoms with van der Waals surface area (Å²) in [4.78, 5) is 28.6. The molecule has 0 spiro atoms. The highest BCUT2D eigenvalue weighted by Crippen LogP contribution is 2.34. The first kappa shape index (κ1) is 19.1. The number of nitrogens with one attached hydrogen (secondary N) is 2. The fourth-order valence-electron chi connectivity index (χ4n) is 2.36. The normalized spacial score (nSPS) is 11.8. The number of aromatic nitrogens is 1. The monoisotopic (exact) mass is 405 g/mol. The van der Waals surface area contributed by atoms with Crippen molar-refractivity contribution in [3.05, 3.63) is 52.6 Å². The Labute approximate surface area is 163 Å². The van der Waals surface area contributed by atoms with E-state index < -0.39 is 24.5 Å². The zero-order valence-electron chi connectivity index (χ0n) is 14.2. The quantitative estimate of drug-likeness (QED) is 0.585. The van der Waals surface area contributed by atoms with E-state index in [-0.39, 0.29) is 0 Å². The maximum Gasteiger partial charge on any atom is 0.262 e. The highest BCUT2D eigenvalue weighted by Gasteiger charge is 2.21. The van der Waals surface area contributed by atoms with Crippen molar-refractivity contribution in [2.24, 2.45) is 0 Å². The van der Waals surface area contributed by atoms with Crippen molar-refractivity contribution >= 4 is 44.8 Å². The van der Waals surface area contributed by atoms with Gasteiger partial charge in [-0.05, 0) is 30.3 Å².